The van der Waals surface area contributed by atoms with Crippen LogP contribution in [0, 0.1) is 28.6 Å². The van der Waals surface area contributed by atoms with Gasteiger partial charge in [0.1, 0.15) is 5.78 Å². The molecule has 0 aromatic heterocycles. The lowest BCUT2D eigenvalue weighted by molar-refractivity contribution is -0.281. The number of hydrogen-bond acceptors (Lipinski definition) is 2. The zero-order valence-corrected chi connectivity index (χ0v) is 11.4. The Labute approximate surface area is 104 Å². The highest BCUT2D eigenvalue weighted by Gasteiger charge is 2.71. The Balaban J connectivity index is 2.17. The Bertz CT molecular complexity index is 386. The minimum absolute atomic E-state index is 0.0431. The maximum absolute atomic E-state index is 12.2. The third-order valence-electron chi connectivity index (χ3n) is 6.94. The Morgan fingerprint density at radius 2 is 1.94 bits per heavy atom. The normalized spacial score (nSPS) is 56.1. The fourth-order valence-electron chi connectivity index (χ4n) is 5.41. The van der Waals surface area contributed by atoms with Crippen LogP contribution in [0.1, 0.15) is 53.4 Å². The van der Waals surface area contributed by atoms with Gasteiger partial charge in [-0.15, -0.1) is 0 Å². The van der Waals surface area contributed by atoms with E-state index in [-0.39, 0.29) is 22.5 Å². The first-order valence-electron chi connectivity index (χ1n) is 6.99. The SMILES string of the molecule is C[C@H]1C(=O)C[C@@]2(O)C(C)(C)[C@@H]3CC[C@@]2(C)[C@H]1C3. The molecule has 0 saturated heterocycles. The van der Waals surface area contributed by atoms with Crippen molar-refractivity contribution in [2.45, 2.75) is 59.0 Å². The molecule has 0 spiro atoms. The van der Waals surface area contributed by atoms with E-state index in [1.807, 2.05) is 0 Å². The summed E-state index contributed by atoms with van der Waals surface area (Å²) in [7, 11) is 0. The smallest absolute Gasteiger partial charge is 0.138 e. The van der Waals surface area contributed by atoms with Crippen LogP contribution < -0.4 is 0 Å². The molecule has 4 fully saturated rings. The van der Waals surface area contributed by atoms with Crippen molar-refractivity contribution in [1.82, 2.24) is 0 Å². The minimum Gasteiger partial charge on any atom is -0.388 e. The summed E-state index contributed by atoms with van der Waals surface area (Å²) < 4.78 is 0. The number of Topliss-reactive ketones (excluding diaryl/α,β-unsaturated/α-hetero) is 1. The maximum Gasteiger partial charge on any atom is 0.138 e. The van der Waals surface area contributed by atoms with Gasteiger partial charge in [0.25, 0.3) is 0 Å². The second kappa shape index (κ2) is 2.96. The molecule has 0 unspecified atom stereocenters. The van der Waals surface area contributed by atoms with Crippen LogP contribution in [0.25, 0.3) is 0 Å². The number of aliphatic hydroxyl groups is 1. The topological polar surface area (TPSA) is 37.3 Å². The zero-order valence-electron chi connectivity index (χ0n) is 11.4. The summed E-state index contributed by atoms with van der Waals surface area (Å²) in [5.74, 6) is 1.43. The summed E-state index contributed by atoms with van der Waals surface area (Å²) >= 11 is 0. The van der Waals surface area contributed by atoms with Gasteiger partial charge >= 0.3 is 0 Å². The van der Waals surface area contributed by atoms with E-state index < -0.39 is 5.60 Å². The summed E-state index contributed by atoms with van der Waals surface area (Å²) in [4.78, 5) is 12.2. The van der Waals surface area contributed by atoms with Gasteiger partial charge in [-0.05, 0) is 36.5 Å². The number of carbonyl (C=O) groups excluding carboxylic acids is 1. The molecule has 4 saturated carbocycles. The monoisotopic (exact) mass is 236 g/mol. The van der Waals surface area contributed by atoms with E-state index in [1.54, 1.807) is 0 Å². The minimum atomic E-state index is -0.768. The first-order chi connectivity index (χ1) is 7.74. The van der Waals surface area contributed by atoms with Crippen molar-refractivity contribution < 1.29 is 9.90 Å². The Kier molecular flexibility index (Phi) is 2.04. The van der Waals surface area contributed by atoms with Gasteiger partial charge in [-0.2, -0.15) is 0 Å². The number of carbonyl (C=O) groups is 1. The molecule has 0 aliphatic heterocycles. The van der Waals surface area contributed by atoms with Gasteiger partial charge in [-0.3, -0.25) is 4.79 Å². The summed E-state index contributed by atoms with van der Waals surface area (Å²) in [5.41, 5.74) is -0.916. The number of ketones is 1. The van der Waals surface area contributed by atoms with Crippen LogP contribution in [-0.2, 0) is 4.79 Å². The molecule has 0 aromatic carbocycles. The van der Waals surface area contributed by atoms with Gasteiger partial charge in [0.2, 0.25) is 0 Å². The molecule has 0 heterocycles. The third-order valence-corrected chi connectivity index (χ3v) is 6.94. The Morgan fingerprint density at radius 1 is 1.29 bits per heavy atom. The van der Waals surface area contributed by atoms with Crippen LogP contribution in [0.15, 0.2) is 0 Å². The van der Waals surface area contributed by atoms with Gasteiger partial charge in [-0.1, -0.05) is 27.7 Å². The molecule has 2 nitrogen and oxygen atoms in total. The molecule has 1 N–H and O–H groups in total. The number of fused-ring (bicyclic) bond motifs is 1. The summed E-state index contributed by atoms with van der Waals surface area (Å²) in [6.07, 6.45) is 3.84. The maximum atomic E-state index is 12.2. The number of hydrogen-bond donors (Lipinski definition) is 1. The van der Waals surface area contributed by atoms with E-state index in [4.69, 9.17) is 0 Å². The van der Waals surface area contributed by atoms with Crippen LogP contribution in [0.3, 0.4) is 0 Å². The van der Waals surface area contributed by atoms with Crippen LogP contribution in [0.2, 0.25) is 0 Å². The van der Waals surface area contributed by atoms with Crippen molar-refractivity contribution in [3.63, 3.8) is 0 Å². The van der Waals surface area contributed by atoms with Gasteiger partial charge in [-0.25, -0.2) is 0 Å². The molecule has 5 atom stereocenters. The first-order valence-corrected chi connectivity index (χ1v) is 6.99. The lowest BCUT2D eigenvalue weighted by Crippen LogP contribution is -2.73. The van der Waals surface area contributed by atoms with E-state index in [2.05, 4.69) is 27.7 Å². The van der Waals surface area contributed by atoms with Crippen molar-refractivity contribution in [2.24, 2.45) is 28.6 Å². The summed E-state index contributed by atoms with van der Waals surface area (Å²) in [6, 6.07) is 0. The van der Waals surface area contributed by atoms with Gasteiger partial charge in [0.05, 0.1) is 5.60 Å². The fraction of sp³-hybridized carbons (Fsp3) is 0.933. The molecule has 4 bridgehead atoms. The Hall–Kier alpha value is -0.370. The predicted molar refractivity (Wildman–Crippen MR) is 66.5 cm³/mol. The lowest BCUT2D eigenvalue weighted by atomic mass is 9.35. The lowest BCUT2D eigenvalue weighted by Gasteiger charge is -2.71. The Morgan fingerprint density at radius 3 is 2.59 bits per heavy atom. The van der Waals surface area contributed by atoms with Crippen LogP contribution >= 0.6 is 0 Å². The van der Waals surface area contributed by atoms with Crippen molar-refractivity contribution in [2.75, 3.05) is 0 Å². The second-order valence-electron chi connectivity index (χ2n) is 7.51. The molecule has 17 heavy (non-hydrogen) atoms. The highest BCUT2D eigenvalue weighted by molar-refractivity contribution is 5.84. The van der Waals surface area contributed by atoms with Gasteiger partial charge in [0, 0.05) is 17.8 Å². The molecule has 2 heteroatoms. The van der Waals surface area contributed by atoms with Crippen LogP contribution in [0.5, 0.6) is 0 Å². The van der Waals surface area contributed by atoms with Crippen molar-refractivity contribution in [1.29, 1.82) is 0 Å². The van der Waals surface area contributed by atoms with Crippen LogP contribution in [0.4, 0.5) is 0 Å². The summed E-state index contributed by atoms with van der Waals surface area (Å²) in [5, 5.41) is 11.2. The van der Waals surface area contributed by atoms with E-state index in [0.29, 0.717) is 18.3 Å². The summed E-state index contributed by atoms with van der Waals surface area (Å²) in [6.45, 7) is 8.66. The second-order valence-corrected chi connectivity index (χ2v) is 7.51. The fourth-order valence-corrected chi connectivity index (χ4v) is 5.41. The van der Waals surface area contributed by atoms with Crippen molar-refractivity contribution >= 4 is 5.78 Å². The molecule has 4 aliphatic rings. The molecule has 0 aromatic rings. The molecule has 4 rings (SSSR count). The molecule has 0 amide bonds. The van der Waals surface area contributed by atoms with Gasteiger partial charge in [0.15, 0.2) is 0 Å². The highest BCUT2D eigenvalue weighted by Crippen LogP contribution is 2.70. The average molecular weight is 236 g/mol. The van der Waals surface area contributed by atoms with E-state index in [0.717, 1.165) is 12.8 Å². The number of rotatable bonds is 0. The first kappa shape index (κ1) is 11.7. The van der Waals surface area contributed by atoms with E-state index in [9.17, 15) is 9.90 Å². The van der Waals surface area contributed by atoms with E-state index in [1.165, 1.54) is 6.42 Å². The largest absolute Gasteiger partial charge is 0.388 e. The molecule has 96 valence electrons. The average Bonchev–Trinajstić information content (AvgIpc) is 2.24. The van der Waals surface area contributed by atoms with Crippen LogP contribution in [-0.4, -0.2) is 16.5 Å². The standard InChI is InChI=1S/C15H24O2/c1-9-11-7-10-5-6-14(11,4)15(17,8-12(9)16)13(10,2)3/h9-11,17H,5-8H2,1-4H3/t9-,10-,11+,14+,15-/m1/s1. The third kappa shape index (κ3) is 1.05. The predicted octanol–water partition coefficient (Wildman–Crippen LogP) is 2.79. The quantitative estimate of drug-likeness (QED) is 0.702. The molecule has 4 aliphatic carbocycles. The van der Waals surface area contributed by atoms with E-state index >= 15 is 0 Å². The molecular formula is C15H24O2. The van der Waals surface area contributed by atoms with Crippen molar-refractivity contribution in [3.8, 4) is 0 Å². The zero-order chi connectivity index (χ0) is 12.6. The molecule has 0 radical (unpaired) electrons. The van der Waals surface area contributed by atoms with Crippen molar-refractivity contribution in [3.05, 3.63) is 0 Å². The van der Waals surface area contributed by atoms with Gasteiger partial charge < -0.3 is 5.11 Å². The highest BCUT2D eigenvalue weighted by atomic mass is 16.3. The molecular weight excluding hydrogens is 212 g/mol.